The number of carbonyl (C=O) groups excluding carboxylic acids is 1. The fourth-order valence-corrected chi connectivity index (χ4v) is 4.30. The van der Waals surface area contributed by atoms with Gasteiger partial charge in [-0.25, -0.2) is 9.97 Å². The summed E-state index contributed by atoms with van der Waals surface area (Å²) in [5.41, 5.74) is 4.97. The maximum atomic E-state index is 13.4. The molecule has 9 heteroatoms. The topological polar surface area (TPSA) is 112 Å². The molecule has 0 fully saturated rings. The van der Waals surface area contributed by atoms with Gasteiger partial charge < -0.3 is 14.6 Å². The Morgan fingerprint density at radius 2 is 1.85 bits per heavy atom. The van der Waals surface area contributed by atoms with Crippen LogP contribution < -0.4 is 0 Å². The summed E-state index contributed by atoms with van der Waals surface area (Å²) >= 11 is 0. The summed E-state index contributed by atoms with van der Waals surface area (Å²) in [5, 5.41) is 17.9. The molecule has 1 aromatic carbocycles. The number of aliphatic carboxylic acids is 1. The molecule has 3 aromatic rings. The van der Waals surface area contributed by atoms with Crippen LogP contribution in [0.5, 0.6) is 0 Å². The highest BCUT2D eigenvalue weighted by Gasteiger charge is 2.29. The highest BCUT2D eigenvalue weighted by atomic mass is 79.9. The van der Waals surface area contributed by atoms with E-state index < -0.39 is 5.97 Å². The minimum absolute atomic E-state index is 0. The Morgan fingerprint density at radius 1 is 1.15 bits per heavy atom. The quantitative estimate of drug-likeness (QED) is 0.462. The van der Waals surface area contributed by atoms with Crippen LogP contribution in [0.3, 0.4) is 0 Å². The monoisotopic (exact) mass is 527 g/mol. The average molecular weight is 528 g/mol. The van der Waals surface area contributed by atoms with Crippen molar-refractivity contribution < 1.29 is 14.7 Å². The van der Waals surface area contributed by atoms with Gasteiger partial charge in [-0.3, -0.25) is 15.0 Å². The second-order valence-corrected chi connectivity index (χ2v) is 9.57. The maximum absolute atomic E-state index is 13.4. The third kappa shape index (κ3) is 4.61. The second-order valence-electron chi connectivity index (χ2n) is 9.57. The predicted octanol–water partition coefficient (Wildman–Crippen LogP) is 4.29. The van der Waals surface area contributed by atoms with Crippen LogP contribution in [0.25, 0.3) is 11.0 Å². The molecule has 3 heterocycles. The Hall–Kier alpha value is -3.07. The van der Waals surface area contributed by atoms with Crippen molar-refractivity contribution in [2.24, 2.45) is 0 Å². The number of rotatable bonds is 6. The first-order valence-corrected chi connectivity index (χ1v) is 11.1. The average Bonchev–Trinajstić information content (AvgIpc) is 3.22. The van der Waals surface area contributed by atoms with Gasteiger partial charge in [0.05, 0.1) is 17.6 Å². The molecule has 0 spiro atoms. The highest BCUT2D eigenvalue weighted by Crippen LogP contribution is 2.32. The van der Waals surface area contributed by atoms with Gasteiger partial charge in [0, 0.05) is 23.4 Å². The summed E-state index contributed by atoms with van der Waals surface area (Å²) in [6.45, 7) is 10.2. The van der Waals surface area contributed by atoms with Gasteiger partial charge in [-0.15, -0.1) is 17.0 Å². The summed E-state index contributed by atoms with van der Waals surface area (Å²) in [5.74, 6) is -0.236. The van der Waals surface area contributed by atoms with Crippen LogP contribution in [0.4, 0.5) is 0 Å². The Labute approximate surface area is 209 Å². The third-order valence-corrected chi connectivity index (χ3v) is 6.10. The molecule has 0 saturated heterocycles. The van der Waals surface area contributed by atoms with E-state index in [1.807, 2.05) is 45.9 Å². The van der Waals surface area contributed by atoms with E-state index >= 15 is 0 Å². The molecule has 34 heavy (non-hydrogen) atoms. The molecule has 4 rings (SSSR count). The van der Waals surface area contributed by atoms with Gasteiger partial charge in [0.2, 0.25) is 0 Å². The Balaban J connectivity index is 0.00000324. The molecule has 2 aromatic heterocycles. The van der Waals surface area contributed by atoms with E-state index in [9.17, 15) is 14.7 Å². The molecule has 1 aliphatic heterocycles. The number of aromatic nitrogens is 3. The number of ketones is 1. The number of Topliss-reactive ketones (excluding diaryl/α,β-unsaturated/α-hetero) is 1. The zero-order valence-corrected chi connectivity index (χ0v) is 21.8. The number of amidine groups is 1. The number of hydrogen-bond donors (Lipinski definition) is 2. The molecular weight excluding hydrogens is 498 g/mol. The molecular formula is C25H30BrN5O3. The normalized spacial score (nSPS) is 13.2. The standard InChI is InChI=1S/C25H29N5O3.BrH/c1-6-17-8-7-15-11-29(24(26)22(15)28-17)12-20(31)16-9-18(25(3,4)5)23-19(10-16)30(13-21(32)33)14(2)27-23;/h7-10,26H,6,11-13H2,1-5H3,(H,32,33);1H. The lowest BCUT2D eigenvalue weighted by molar-refractivity contribution is -0.137. The predicted molar refractivity (Wildman–Crippen MR) is 136 cm³/mol. The van der Waals surface area contributed by atoms with Crippen LogP contribution in [0.15, 0.2) is 24.3 Å². The minimum Gasteiger partial charge on any atom is -0.480 e. The lowest BCUT2D eigenvalue weighted by atomic mass is 9.84. The number of nitrogens with zero attached hydrogens (tertiary/aromatic N) is 4. The van der Waals surface area contributed by atoms with Crippen molar-refractivity contribution in [3.63, 3.8) is 0 Å². The smallest absolute Gasteiger partial charge is 0.323 e. The van der Waals surface area contributed by atoms with Crippen molar-refractivity contribution in [3.05, 3.63) is 58.2 Å². The van der Waals surface area contributed by atoms with E-state index in [0.717, 1.165) is 28.8 Å². The molecule has 0 amide bonds. The number of imidazole rings is 1. The first-order chi connectivity index (χ1) is 15.5. The van der Waals surface area contributed by atoms with Gasteiger partial charge in [-0.1, -0.05) is 33.8 Å². The molecule has 0 aliphatic carbocycles. The van der Waals surface area contributed by atoms with Crippen LogP contribution in [-0.4, -0.2) is 48.7 Å². The van der Waals surface area contributed by atoms with Gasteiger partial charge in [0.25, 0.3) is 0 Å². The molecule has 1 aliphatic rings. The van der Waals surface area contributed by atoms with E-state index in [0.29, 0.717) is 29.1 Å². The van der Waals surface area contributed by atoms with E-state index in [-0.39, 0.29) is 47.1 Å². The van der Waals surface area contributed by atoms with Crippen molar-refractivity contribution in [2.75, 3.05) is 6.54 Å². The summed E-state index contributed by atoms with van der Waals surface area (Å²) in [6.07, 6.45) is 0.790. The van der Waals surface area contributed by atoms with Crippen LogP contribution in [0.2, 0.25) is 0 Å². The molecule has 8 nitrogen and oxygen atoms in total. The molecule has 0 unspecified atom stereocenters. The zero-order valence-electron chi connectivity index (χ0n) is 20.1. The molecule has 180 valence electrons. The number of pyridine rings is 1. The molecule has 0 bridgehead atoms. The van der Waals surface area contributed by atoms with Gasteiger partial charge in [0.1, 0.15) is 23.9 Å². The molecule has 0 saturated carbocycles. The van der Waals surface area contributed by atoms with E-state index in [1.54, 1.807) is 22.5 Å². The number of carbonyl (C=O) groups is 2. The number of carboxylic acid groups (broad SMARTS) is 1. The van der Waals surface area contributed by atoms with Crippen LogP contribution >= 0.6 is 17.0 Å². The van der Waals surface area contributed by atoms with Crippen LogP contribution in [0.1, 0.15) is 66.4 Å². The summed E-state index contributed by atoms with van der Waals surface area (Å²) < 4.78 is 1.63. The van der Waals surface area contributed by atoms with Gasteiger partial charge in [0.15, 0.2) is 5.78 Å². The fraction of sp³-hybridized carbons (Fsp3) is 0.400. The van der Waals surface area contributed by atoms with Crippen molar-refractivity contribution in [1.29, 1.82) is 5.41 Å². The SMILES string of the molecule is Br.CCc1ccc2c(n1)C(=N)N(CC(=O)c1cc(C(C)(C)C)c3nc(C)n(CC(=O)O)c3c1)C2. The number of aryl methyl sites for hydroxylation is 2. The lowest BCUT2D eigenvalue weighted by Gasteiger charge is -2.22. The fourth-order valence-electron chi connectivity index (χ4n) is 4.30. The van der Waals surface area contributed by atoms with Gasteiger partial charge in [-0.2, -0.15) is 0 Å². The van der Waals surface area contributed by atoms with Crippen molar-refractivity contribution >= 4 is 45.6 Å². The zero-order chi connectivity index (χ0) is 24.1. The lowest BCUT2D eigenvalue weighted by Crippen LogP contribution is -2.30. The van der Waals surface area contributed by atoms with E-state index in [2.05, 4.69) is 9.97 Å². The van der Waals surface area contributed by atoms with E-state index in [4.69, 9.17) is 5.41 Å². The van der Waals surface area contributed by atoms with E-state index in [1.165, 1.54) is 0 Å². The minimum atomic E-state index is -0.964. The van der Waals surface area contributed by atoms with Crippen molar-refractivity contribution in [1.82, 2.24) is 19.4 Å². The Morgan fingerprint density at radius 3 is 2.47 bits per heavy atom. The van der Waals surface area contributed by atoms with Gasteiger partial charge >= 0.3 is 5.97 Å². The van der Waals surface area contributed by atoms with Crippen LogP contribution in [-0.2, 0) is 29.7 Å². The largest absolute Gasteiger partial charge is 0.480 e. The summed E-state index contributed by atoms with van der Waals surface area (Å²) in [4.78, 5) is 35.7. The second kappa shape index (κ2) is 9.29. The van der Waals surface area contributed by atoms with Gasteiger partial charge in [-0.05, 0) is 42.5 Å². The highest BCUT2D eigenvalue weighted by molar-refractivity contribution is 8.93. The first-order valence-electron chi connectivity index (χ1n) is 11.1. The summed E-state index contributed by atoms with van der Waals surface area (Å²) in [7, 11) is 0. The number of nitrogens with one attached hydrogen (secondary N) is 1. The number of halogens is 1. The number of fused-ring (bicyclic) bond motifs is 2. The first kappa shape index (κ1) is 25.6. The van der Waals surface area contributed by atoms with Crippen molar-refractivity contribution in [3.8, 4) is 0 Å². The summed E-state index contributed by atoms with van der Waals surface area (Å²) in [6, 6.07) is 7.54. The molecule has 0 atom stereocenters. The number of hydrogen-bond acceptors (Lipinski definition) is 5. The molecule has 2 N–H and O–H groups in total. The van der Waals surface area contributed by atoms with Crippen molar-refractivity contribution in [2.45, 2.75) is 59.5 Å². The number of benzene rings is 1. The Bertz CT molecular complexity index is 1310. The molecule has 0 radical (unpaired) electrons. The van der Waals surface area contributed by atoms with Crippen LogP contribution in [0, 0.1) is 12.3 Å². The third-order valence-electron chi connectivity index (χ3n) is 6.10. The Kier molecular flexibility index (Phi) is 6.98. The maximum Gasteiger partial charge on any atom is 0.323 e. The number of carboxylic acids is 1.